The summed E-state index contributed by atoms with van der Waals surface area (Å²) in [5, 5.41) is 0. The Morgan fingerprint density at radius 1 is 1.75 bits per heavy atom. The summed E-state index contributed by atoms with van der Waals surface area (Å²) in [6, 6.07) is 2.97. The van der Waals surface area contributed by atoms with Gasteiger partial charge in [0.1, 0.15) is 0 Å². The number of pyridine rings is 1. The van der Waals surface area contributed by atoms with Crippen molar-refractivity contribution in [2.75, 3.05) is 6.61 Å². The van der Waals surface area contributed by atoms with Crippen LogP contribution in [0.3, 0.4) is 0 Å². The first-order valence-electron chi connectivity index (χ1n) is 3.75. The van der Waals surface area contributed by atoms with Crippen molar-refractivity contribution in [2.24, 2.45) is 0 Å². The fourth-order valence-corrected chi connectivity index (χ4v) is 1.20. The lowest BCUT2D eigenvalue weighted by atomic mass is 10.3. The van der Waals surface area contributed by atoms with E-state index in [4.69, 9.17) is 4.74 Å². The molecule has 12 heavy (non-hydrogen) atoms. The van der Waals surface area contributed by atoms with Crippen LogP contribution < -0.4 is 5.43 Å². The Balaban J connectivity index is 2.80. The molecule has 1 aromatic heterocycles. The Kier molecular flexibility index (Phi) is 3.25. The number of nitrogens with one attached hydrogen (secondary N) is 1. The minimum Gasteiger partial charge on any atom is -0.377 e. The first-order valence-corrected chi connectivity index (χ1v) is 4.33. The van der Waals surface area contributed by atoms with Crippen molar-refractivity contribution in [3.05, 3.63) is 34.2 Å². The highest BCUT2D eigenvalue weighted by Gasteiger charge is 2.04. The molecule has 1 N–H and O–H groups in total. The van der Waals surface area contributed by atoms with E-state index >= 15 is 0 Å². The topological polar surface area (TPSA) is 42.1 Å². The zero-order chi connectivity index (χ0) is 8.97. The normalized spacial score (nSPS) is 12.8. The van der Waals surface area contributed by atoms with Gasteiger partial charge in [-0.1, -0.05) is 0 Å². The van der Waals surface area contributed by atoms with Crippen molar-refractivity contribution >= 4 is 10.2 Å². The summed E-state index contributed by atoms with van der Waals surface area (Å²) in [5.41, 5.74) is 0.483. The molecule has 0 saturated carbocycles. The zero-order valence-electron chi connectivity index (χ0n) is 6.83. The fourth-order valence-electron chi connectivity index (χ4n) is 0.871. The maximum Gasteiger partial charge on any atom is 0.181 e. The third-order valence-electron chi connectivity index (χ3n) is 1.41. The lowest BCUT2D eigenvalue weighted by Crippen LogP contribution is -2.09. The van der Waals surface area contributed by atoms with Gasteiger partial charge in [0.25, 0.3) is 0 Å². The van der Waals surface area contributed by atoms with Gasteiger partial charge in [0.2, 0.25) is 0 Å². The predicted molar refractivity (Wildman–Crippen MR) is 47.2 cm³/mol. The Hall–Kier alpha value is -0.873. The molecule has 63 valence electrons. The van der Waals surface area contributed by atoms with Crippen molar-refractivity contribution < 1.29 is 4.74 Å². The molecule has 1 rings (SSSR count). The Bertz CT molecular complexity index is 297. The highest BCUT2D eigenvalue weighted by molar-refractivity contribution is 6.11. The van der Waals surface area contributed by atoms with Crippen LogP contribution >= 0.6 is 0 Å². The van der Waals surface area contributed by atoms with Gasteiger partial charge in [-0.2, -0.15) is 0 Å². The molecule has 1 aromatic rings. The molecular weight excluding hydrogens is 170 g/mol. The molecule has 0 aliphatic heterocycles. The van der Waals surface area contributed by atoms with Crippen LogP contribution in [-0.2, 0) is 4.74 Å². The minimum atomic E-state index is -0.233. The van der Waals surface area contributed by atoms with E-state index in [-0.39, 0.29) is 11.2 Å². The Morgan fingerprint density at radius 3 is 3.08 bits per heavy atom. The van der Waals surface area contributed by atoms with E-state index in [1.165, 1.54) is 12.1 Å². The quantitative estimate of drug-likeness (QED) is 0.691. The smallest absolute Gasteiger partial charge is 0.181 e. The molecule has 1 heterocycles. The molecule has 3 radical (unpaired) electrons. The molecular formula is C8H10NO2Si. The standard InChI is InChI=1S/C8H10NO2Si/c1-2-11-8(12)7-5-6(10)3-4-9-7/h3-5,8H,2H2,1H3,(H,9,10). The van der Waals surface area contributed by atoms with Crippen LogP contribution in [0, 0.1) is 0 Å². The number of hydrogen-bond donors (Lipinski definition) is 1. The summed E-state index contributed by atoms with van der Waals surface area (Å²) in [4.78, 5) is 13.8. The number of aromatic amines is 1. The van der Waals surface area contributed by atoms with Crippen molar-refractivity contribution in [3.63, 3.8) is 0 Å². The second kappa shape index (κ2) is 4.23. The van der Waals surface area contributed by atoms with Gasteiger partial charge in [0, 0.05) is 30.6 Å². The molecule has 0 bridgehead atoms. The molecule has 0 amide bonds. The molecule has 4 heteroatoms. The van der Waals surface area contributed by atoms with Crippen LogP contribution in [0.2, 0.25) is 0 Å². The van der Waals surface area contributed by atoms with E-state index in [0.29, 0.717) is 6.61 Å². The van der Waals surface area contributed by atoms with Crippen LogP contribution in [0.15, 0.2) is 23.1 Å². The average Bonchev–Trinajstić information content (AvgIpc) is 2.05. The zero-order valence-corrected chi connectivity index (χ0v) is 7.83. The van der Waals surface area contributed by atoms with E-state index < -0.39 is 0 Å². The minimum absolute atomic E-state index is 0.0216. The van der Waals surface area contributed by atoms with E-state index in [1.54, 1.807) is 6.20 Å². The number of H-pyrrole nitrogens is 1. The molecule has 1 atom stereocenters. The summed E-state index contributed by atoms with van der Waals surface area (Å²) >= 11 is 0. The molecule has 1 unspecified atom stereocenters. The third kappa shape index (κ3) is 2.32. The van der Waals surface area contributed by atoms with Crippen molar-refractivity contribution in [2.45, 2.75) is 12.7 Å². The van der Waals surface area contributed by atoms with Gasteiger partial charge in [0.05, 0.1) is 16.0 Å². The first kappa shape index (κ1) is 9.22. The first-order chi connectivity index (χ1) is 5.74. The van der Waals surface area contributed by atoms with Gasteiger partial charge in [-0.15, -0.1) is 0 Å². The number of aromatic nitrogens is 1. The maximum atomic E-state index is 10.9. The highest BCUT2D eigenvalue weighted by Crippen LogP contribution is 2.06. The average molecular weight is 180 g/mol. The van der Waals surface area contributed by atoms with Crippen LogP contribution in [0.5, 0.6) is 0 Å². The highest BCUT2D eigenvalue weighted by atomic mass is 28.1. The van der Waals surface area contributed by atoms with Gasteiger partial charge in [-0.3, -0.25) is 4.79 Å². The summed E-state index contributed by atoms with van der Waals surface area (Å²) in [7, 11) is 3.34. The molecule has 0 aliphatic rings. The van der Waals surface area contributed by atoms with Gasteiger partial charge in [-0.25, -0.2) is 0 Å². The number of ether oxygens (including phenoxy) is 1. The SMILES string of the molecule is CCOC([Si])c1cc(=O)cc[nH]1. The molecule has 0 spiro atoms. The van der Waals surface area contributed by atoms with Gasteiger partial charge in [-0.05, 0) is 6.92 Å². The summed E-state index contributed by atoms with van der Waals surface area (Å²) < 4.78 is 5.23. The van der Waals surface area contributed by atoms with E-state index in [1.807, 2.05) is 6.92 Å². The lowest BCUT2D eigenvalue weighted by molar-refractivity contribution is 0.117. The predicted octanol–water partition coefficient (Wildman–Crippen LogP) is 0.579. The van der Waals surface area contributed by atoms with Crippen LogP contribution in [0.1, 0.15) is 18.3 Å². The van der Waals surface area contributed by atoms with Crippen LogP contribution in [0.25, 0.3) is 0 Å². The second-order valence-corrected chi connectivity index (χ2v) is 2.84. The molecule has 0 aromatic carbocycles. The number of hydrogen-bond acceptors (Lipinski definition) is 2. The van der Waals surface area contributed by atoms with Crippen molar-refractivity contribution in [3.8, 4) is 0 Å². The van der Waals surface area contributed by atoms with Crippen LogP contribution in [-0.4, -0.2) is 21.8 Å². The summed E-state index contributed by atoms with van der Waals surface area (Å²) in [6.45, 7) is 2.50. The molecule has 0 aliphatic carbocycles. The number of rotatable bonds is 3. The maximum absolute atomic E-state index is 10.9. The van der Waals surface area contributed by atoms with Crippen molar-refractivity contribution in [1.82, 2.24) is 4.98 Å². The molecule has 3 nitrogen and oxygen atoms in total. The Morgan fingerprint density at radius 2 is 2.50 bits per heavy atom. The largest absolute Gasteiger partial charge is 0.377 e. The summed E-state index contributed by atoms with van der Waals surface area (Å²) in [6.07, 6.45) is 1.60. The molecule has 0 fully saturated rings. The lowest BCUT2D eigenvalue weighted by Gasteiger charge is -2.10. The van der Waals surface area contributed by atoms with E-state index in [2.05, 4.69) is 15.2 Å². The van der Waals surface area contributed by atoms with E-state index in [9.17, 15) is 4.79 Å². The van der Waals surface area contributed by atoms with Crippen LogP contribution in [0.4, 0.5) is 0 Å². The van der Waals surface area contributed by atoms with Crippen molar-refractivity contribution in [1.29, 1.82) is 0 Å². The van der Waals surface area contributed by atoms with Gasteiger partial charge >= 0.3 is 0 Å². The van der Waals surface area contributed by atoms with Gasteiger partial charge in [0.15, 0.2) is 5.43 Å². The molecule has 0 saturated heterocycles. The monoisotopic (exact) mass is 180 g/mol. The third-order valence-corrected chi connectivity index (χ3v) is 1.89. The summed E-state index contributed by atoms with van der Waals surface area (Å²) in [5.74, 6) is 0. The Labute approximate surface area is 74.2 Å². The second-order valence-electron chi connectivity index (χ2n) is 2.32. The van der Waals surface area contributed by atoms with Gasteiger partial charge < -0.3 is 9.72 Å². The van der Waals surface area contributed by atoms with E-state index in [0.717, 1.165) is 5.69 Å². The fraction of sp³-hybridized carbons (Fsp3) is 0.375.